The number of aromatic nitrogens is 2. The molecule has 1 heterocycles. The van der Waals surface area contributed by atoms with Gasteiger partial charge in [-0.15, -0.1) is 0 Å². The first-order valence-electron chi connectivity index (χ1n) is 4.96. The number of imidazole rings is 1. The minimum absolute atomic E-state index is 0.135. The van der Waals surface area contributed by atoms with Gasteiger partial charge in [0.05, 0.1) is 6.54 Å². The van der Waals surface area contributed by atoms with Gasteiger partial charge in [0.2, 0.25) is 0 Å². The van der Waals surface area contributed by atoms with Gasteiger partial charge in [0.15, 0.2) is 0 Å². The molecule has 0 atom stereocenters. The number of aromatic amines is 1. The summed E-state index contributed by atoms with van der Waals surface area (Å²) >= 11 is 3.25. The van der Waals surface area contributed by atoms with Crippen LogP contribution < -0.4 is 5.32 Å². The second kappa shape index (κ2) is 4.93. The van der Waals surface area contributed by atoms with E-state index in [4.69, 9.17) is 0 Å². The average molecular weight is 302 g/mol. The predicted molar refractivity (Wildman–Crippen MR) is 64.4 cm³/mol. The van der Waals surface area contributed by atoms with Crippen molar-refractivity contribution in [2.24, 2.45) is 0 Å². The van der Waals surface area contributed by atoms with E-state index < -0.39 is 11.6 Å². The van der Waals surface area contributed by atoms with E-state index in [-0.39, 0.29) is 5.56 Å². The smallest absolute Gasteiger partial charge is 0.132 e. The summed E-state index contributed by atoms with van der Waals surface area (Å²) in [6.45, 7) is 0.523. The van der Waals surface area contributed by atoms with Crippen molar-refractivity contribution in [1.29, 1.82) is 0 Å². The third kappa shape index (κ3) is 2.53. The normalized spacial score (nSPS) is 10.8. The molecule has 0 radical (unpaired) electrons. The first-order chi connectivity index (χ1) is 8.11. The van der Waals surface area contributed by atoms with Gasteiger partial charge in [-0.25, -0.2) is 13.8 Å². The van der Waals surface area contributed by atoms with Crippen molar-refractivity contribution in [2.75, 3.05) is 7.05 Å². The number of H-pyrrole nitrogens is 1. The van der Waals surface area contributed by atoms with Gasteiger partial charge in [0.25, 0.3) is 0 Å². The van der Waals surface area contributed by atoms with Crippen LogP contribution in [0.1, 0.15) is 5.82 Å². The summed E-state index contributed by atoms with van der Waals surface area (Å²) in [5.41, 5.74) is 0.503. The Hall–Kier alpha value is -1.27. The molecule has 0 saturated carbocycles. The van der Waals surface area contributed by atoms with Crippen LogP contribution in [0.2, 0.25) is 0 Å². The van der Waals surface area contributed by atoms with E-state index in [1.165, 1.54) is 0 Å². The summed E-state index contributed by atoms with van der Waals surface area (Å²) < 4.78 is 27.2. The van der Waals surface area contributed by atoms with E-state index in [1.807, 2.05) is 0 Å². The quantitative estimate of drug-likeness (QED) is 0.915. The van der Waals surface area contributed by atoms with Crippen molar-refractivity contribution in [2.45, 2.75) is 6.54 Å². The van der Waals surface area contributed by atoms with Crippen molar-refractivity contribution in [3.8, 4) is 11.3 Å². The minimum atomic E-state index is -0.505. The molecule has 0 amide bonds. The maximum Gasteiger partial charge on any atom is 0.132 e. The van der Waals surface area contributed by atoms with Crippen LogP contribution in [0.25, 0.3) is 11.3 Å². The molecule has 0 aliphatic carbocycles. The fourth-order valence-electron chi connectivity index (χ4n) is 1.51. The maximum atomic E-state index is 13.6. The van der Waals surface area contributed by atoms with Crippen LogP contribution in [0.5, 0.6) is 0 Å². The molecule has 90 valence electrons. The van der Waals surface area contributed by atoms with Crippen molar-refractivity contribution >= 4 is 15.9 Å². The van der Waals surface area contributed by atoms with Gasteiger partial charge < -0.3 is 10.3 Å². The summed E-state index contributed by atoms with van der Waals surface area (Å²) in [6, 6.07) is 3.29. The molecule has 3 nitrogen and oxygen atoms in total. The standard InChI is InChI=1S/C11H10BrF2N3/c1-15-5-9-16-10(11(12)17-9)7-4-6(13)2-3-8(7)14/h2-4,15H,5H2,1H3,(H,16,17). The Morgan fingerprint density at radius 3 is 2.88 bits per heavy atom. The third-order valence-corrected chi connectivity index (χ3v) is 2.81. The lowest BCUT2D eigenvalue weighted by molar-refractivity contribution is 0.602. The second-order valence-electron chi connectivity index (χ2n) is 3.50. The predicted octanol–water partition coefficient (Wildman–Crippen LogP) is 2.84. The Labute approximate surface area is 105 Å². The summed E-state index contributed by atoms with van der Waals surface area (Å²) in [4.78, 5) is 7.14. The molecule has 0 fully saturated rings. The van der Waals surface area contributed by atoms with Gasteiger partial charge in [-0.1, -0.05) is 0 Å². The number of nitrogens with one attached hydrogen (secondary N) is 2. The van der Waals surface area contributed by atoms with Crippen LogP contribution in [0.15, 0.2) is 22.8 Å². The molecular formula is C11H10BrF2N3. The summed E-state index contributed by atoms with van der Waals surface area (Å²) in [5.74, 6) is -0.348. The highest BCUT2D eigenvalue weighted by atomic mass is 79.9. The molecule has 0 spiro atoms. The zero-order valence-electron chi connectivity index (χ0n) is 9.02. The Morgan fingerprint density at radius 2 is 2.18 bits per heavy atom. The number of halogens is 3. The van der Waals surface area contributed by atoms with Crippen molar-refractivity contribution in [3.63, 3.8) is 0 Å². The minimum Gasteiger partial charge on any atom is -0.335 e. The van der Waals surface area contributed by atoms with Gasteiger partial charge in [-0.05, 0) is 41.2 Å². The second-order valence-corrected chi connectivity index (χ2v) is 4.29. The molecule has 6 heteroatoms. The molecule has 0 aliphatic rings. The highest BCUT2D eigenvalue weighted by Gasteiger charge is 2.14. The van der Waals surface area contributed by atoms with Crippen LogP contribution in [-0.4, -0.2) is 17.0 Å². The molecule has 0 unspecified atom stereocenters. The molecule has 0 saturated heterocycles. The Balaban J connectivity index is 2.48. The lowest BCUT2D eigenvalue weighted by atomic mass is 10.1. The monoisotopic (exact) mass is 301 g/mol. The number of hydrogen-bond acceptors (Lipinski definition) is 2. The molecule has 2 aromatic rings. The Morgan fingerprint density at radius 1 is 1.41 bits per heavy atom. The molecule has 0 aliphatic heterocycles. The van der Waals surface area contributed by atoms with Gasteiger partial charge in [0, 0.05) is 5.56 Å². The molecule has 0 bridgehead atoms. The topological polar surface area (TPSA) is 40.7 Å². The van der Waals surface area contributed by atoms with Crippen LogP contribution in [0.3, 0.4) is 0 Å². The van der Waals surface area contributed by atoms with E-state index in [0.717, 1.165) is 18.2 Å². The summed E-state index contributed by atoms with van der Waals surface area (Å²) in [7, 11) is 1.78. The SMILES string of the molecule is CNCc1nc(-c2cc(F)ccc2F)c(Br)[nH]1. The fourth-order valence-corrected chi connectivity index (χ4v) is 2.04. The number of benzene rings is 1. The molecule has 1 aromatic carbocycles. The number of nitrogens with zero attached hydrogens (tertiary/aromatic N) is 1. The lowest BCUT2D eigenvalue weighted by Crippen LogP contribution is -2.06. The molecule has 17 heavy (non-hydrogen) atoms. The summed E-state index contributed by atoms with van der Waals surface area (Å²) in [6.07, 6.45) is 0. The van der Waals surface area contributed by atoms with Crippen molar-refractivity contribution < 1.29 is 8.78 Å². The lowest BCUT2D eigenvalue weighted by Gasteiger charge is -2.00. The van der Waals surface area contributed by atoms with Gasteiger partial charge in [0.1, 0.15) is 27.8 Å². The number of hydrogen-bond donors (Lipinski definition) is 2. The van der Waals surface area contributed by atoms with E-state index >= 15 is 0 Å². The zero-order chi connectivity index (χ0) is 12.4. The van der Waals surface area contributed by atoms with Gasteiger partial charge in [-0.3, -0.25) is 0 Å². The Kier molecular flexibility index (Phi) is 3.54. The van der Waals surface area contributed by atoms with Crippen LogP contribution in [0.4, 0.5) is 8.78 Å². The zero-order valence-corrected chi connectivity index (χ0v) is 10.6. The fraction of sp³-hybridized carbons (Fsp3) is 0.182. The van der Waals surface area contributed by atoms with E-state index in [0.29, 0.717) is 22.7 Å². The summed E-state index contributed by atoms with van der Waals surface area (Å²) in [5, 5.41) is 2.92. The van der Waals surface area contributed by atoms with Crippen LogP contribution in [-0.2, 0) is 6.54 Å². The molecule has 2 rings (SSSR count). The average Bonchev–Trinajstić information content (AvgIpc) is 2.64. The molecule has 2 N–H and O–H groups in total. The first-order valence-corrected chi connectivity index (χ1v) is 5.75. The van der Waals surface area contributed by atoms with Crippen LogP contribution in [0, 0.1) is 11.6 Å². The number of rotatable bonds is 3. The van der Waals surface area contributed by atoms with Crippen LogP contribution >= 0.6 is 15.9 Å². The van der Waals surface area contributed by atoms with E-state index in [1.54, 1.807) is 7.05 Å². The van der Waals surface area contributed by atoms with E-state index in [2.05, 4.69) is 31.2 Å². The van der Waals surface area contributed by atoms with Gasteiger partial charge in [-0.2, -0.15) is 0 Å². The maximum absolute atomic E-state index is 13.6. The first kappa shape index (κ1) is 12.2. The van der Waals surface area contributed by atoms with Crippen molar-refractivity contribution in [3.05, 3.63) is 40.3 Å². The largest absolute Gasteiger partial charge is 0.335 e. The van der Waals surface area contributed by atoms with Gasteiger partial charge >= 0.3 is 0 Å². The molecule has 1 aromatic heterocycles. The van der Waals surface area contributed by atoms with E-state index in [9.17, 15) is 8.78 Å². The third-order valence-electron chi connectivity index (χ3n) is 2.24. The van der Waals surface area contributed by atoms with Crippen molar-refractivity contribution in [1.82, 2.24) is 15.3 Å². The molecular weight excluding hydrogens is 292 g/mol. The Bertz CT molecular complexity index is 540. The highest BCUT2D eigenvalue weighted by molar-refractivity contribution is 9.10. The highest BCUT2D eigenvalue weighted by Crippen LogP contribution is 2.28.